The smallest absolute Gasteiger partial charge is 0.0215 e. The molecule has 0 spiro atoms. The Kier molecular flexibility index (Phi) is 5.19. The van der Waals surface area contributed by atoms with Crippen LogP contribution >= 0.6 is 0 Å². The van der Waals surface area contributed by atoms with E-state index in [1.807, 2.05) is 5.48 Å². The highest BCUT2D eigenvalue weighted by atomic mass is 32.2. The summed E-state index contributed by atoms with van der Waals surface area (Å²) in [5, 5.41) is 7.93. The molecule has 0 saturated heterocycles. The molecule has 0 heterocycles. The standard InChI is InChI=1S/C3H9NO3S/c5-4-2-1-3-8(6)7/h4-5H,1-3H2,(H,6,7)/p-1. The highest BCUT2D eigenvalue weighted by Crippen LogP contribution is 1.78. The quantitative estimate of drug-likeness (QED) is 0.304. The fraction of sp³-hybridized carbons (Fsp3) is 1.00. The maximum absolute atomic E-state index is 9.76. The topological polar surface area (TPSA) is 72.4 Å². The Morgan fingerprint density at radius 3 is 2.75 bits per heavy atom. The second-order valence-corrected chi connectivity index (χ2v) is 2.29. The predicted octanol–water partition coefficient (Wildman–Crippen LogP) is -0.766. The van der Waals surface area contributed by atoms with Crippen LogP contribution in [0.15, 0.2) is 0 Å². The van der Waals surface area contributed by atoms with Crippen LogP contribution in [-0.4, -0.2) is 26.3 Å². The van der Waals surface area contributed by atoms with E-state index in [1.54, 1.807) is 0 Å². The maximum atomic E-state index is 9.76. The van der Waals surface area contributed by atoms with Crippen molar-refractivity contribution in [2.75, 3.05) is 12.3 Å². The Morgan fingerprint density at radius 1 is 1.75 bits per heavy atom. The first kappa shape index (κ1) is 8.03. The second-order valence-electron chi connectivity index (χ2n) is 1.27. The zero-order valence-electron chi connectivity index (χ0n) is 4.29. The minimum absolute atomic E-state index is 0.105. The summed E-state index contributed by atoms with van der Waals surface area (Å²) < 4.78 is 19.5. The van der Waals surface area contributed by atoms with Gasteiger partial charge in [0.15, 0.2) is 0 Å². The van der Waals surface area contributed by atoms with Crippen LogP contribution in [0.2, 0.25) is 0 Å². The van der Waals surface area contributed by atoms with Gasteiger partial charge in [-0.05, 0) is 6.42 Å². The summed E-state index contributed by atoms with van der Waals surface area (Å²) >= 11 is -1.97. The molecular weight excluding hydrogens is 130 g/mol. The number of hydroxylamine groups is 1. The first-order valence-corrected chi connectivity index (χ1v) is 3.44. The van der Waals surface area contributed by atoms with Gasteiger partial charge in [-0.3, -0.25) is 4.21 Å². The molecule has 0 amide bonds. The molecule has 0 rings (SSSR count). The number of nitrogens with one attached hydrogen (secondary N) is 1. The van der Waals surface area contributed by atoms with Gasteiger partial charge < -0.3 is 9.76 Å². The second kappa shape index (κ2) is 5.17. The lowest BCUT2D eigenvalue weighted by molar-refractivity contribution is 0.167. The lowest BCUT2D eigenvalue weighted by Crippen LogP contribution is -2.11. The molecule has 0 radical (unpaired) electrons. The first-order chi connectivity index (χ1) is 3.77. The van der Waals surface area contributed by atoms with E-state index < -0.39 is 11.1 Å². The van der Waals surface area contributed by atoms with Gasteiger partial charge in [-0.2, -0.15) is 0 Å². The highest BCUT2D eigenvalue weighted by molar-refractivity contribution is 7.79. The molecule has 0 bridgehead atoms. The lowest BCUT2D eigenvalue weighted by Gasteiger charge is -2.01. The molecule has 8 heavy (non-hydrogen) atoms. The van der Waals surface area contributed by atoms with Gasteiger partial charge in [0.25, 0.3) is 0 Å². The van der Waals surface area contributed by atoms with Crippen LogP contribution in [-0.2, 0) is 11.1 Å². The van der Waals surface area contributed by atoms with Crippen LogP contribution in [0, 0.1) is 0 Å². The van der Waals surface area contributed by atoms with E-state index >= 15 is 0 Å². The molecule has 0 saturated carbocycles. The van der Waals surface area contributed by atoms with Crippen molar-refractivity contribution in [1.82, 2.24) is 5.48 Å². The van der Waals surface area contributed by atoms with Gasteiger partial charge in [-0.1, -0.05) is 11.1 Å². The molecular formula is C3H8NO3S-. The monoisotopic (exact) mass is 138 g/mol. The normalized spacial score (nSPS) is 13.8. The number of rotatable bonds is 4. The highest BCUT2D eigenvalue weighted by Gasteiger charge is 1.83. The van der Waals surface area contributed by atoms with Gasteiger partial charge in [0.2, 0.25) is 0 Å². The van der Waals surface area contributed by atoms with E-state index in [4.69, 9.17) is 5.21 Å². The molecule has 0 aromatic carbocycles. The Morgan fingerprint density at radius 2 is 2.38 bits per heavy atom. The minimum atomic E-state index is -1.97. The molecule has 4 nitrogen and oxygen atoms in total. The van der Waals surface area contributed by atoms with Gasteiger partial charge in [0.1, 0.15) is 0 Å². The Balaban J connectivity index is 2.82. The van der Waals surface area contributed by atoms with Gasteiger partial charge in [-0.15, -0.1) is 0 Å². The van der Waals surface area contributed by atoms with Crippen molar-refractivity contribution in [3.8, 4) is 0 Å². The van der Waals surface area contributed by atoms with Gasteiger partial charge in [0.05, 0.1) is 0 Å². The molecule has 0 aliphatic rings. The average Bonchev–Trinajstić information content (AvgIpc) is 1.66. The zero-order chi connectivity index (χ0) is 6.41. The van der Waals surface area contributed by atoms with Crippen LogP contribution in [0.5, 0.6) is 0 Å². The third kappa shape index (κ3) is 6.03. The van der Waals surface area contributed by atoms with Crippen molar-refractivity contribution in [2.45, 2.75) is 6.42 Å². The molecule has 1 atom stereocenters. The van der Waals surface area contributed by atoms with Gasteiger partial charge in [0, 0.05) is 12.3 Å². The van der Waals surface area contributed by atoms with E-state index in [-0.39, 0.29) is 5.75 Å². The Hall–Kier alpha value is 0.0300. The van der Waals surface area contributed by atoms with Crippen molar-refractivity contribution < 1.29 is 14.0 Å². The van der Waals surface area contributed by atoms with Crippen LogP contribution in [0.1, 0.15) is 6.42 Å². The molecule has 50 valence electrons. The van der Waals surface area contributed by atoms with Gasteiger partial charge >= 0.3 is 0 Å². The molecule has 5 heteroatoms. The summed E-state index contributed by atoms with van der Waals surface area (Å²) in [4.78, 5) is 0. The van der Waals surface area contributed by atoms with E-state index in [0.717, 1.165) is 0 Å². The maximum Gasteiger partial charge on any atom is 0.0215 e. The summed E-state index contributed by atoms with van der Waals surface area (Å²) in [7, 11) is 0. The summed E-state index contributed by atoms with van der Waals surface area (Å²) in [6, 6.07) is 0. The third-order valence-corrected chi connectivity index (χ3v) is 1.22. The summed E-state index contributed by atoms with van der Waals surface area (Å²) in [5.41, 5.74) is 1.85. The van der Waals surface area contributed by atoms with Crippen molar-refractivity contribution in [2.24, 2.45) is 0 Å². The molecule has 0 fully saturated rings. The average molecular weight is 138 g/mol. The molecule has 1 unspecified atom stereocenters. The van der Waals surface area contributed by atoms with E-state index in [1.165, 1.54) is 0 Å². The Bertz CT molecular complexity index is 76.9. The summed E-state index contributed by atoms with van der Waals surface area (Å²) in [5.74, 6) is 0.105. The summed E-state index contributed by atoms with van der Waals surface area (Å²) in [6.45, 7) is 0.327. The van der Waals surface area contributed by atoms with Crippen molar-refractivity contribution in [3.63, 3.8) is 0 Å². The van der Waals surface area contributed by atoms with Crippen LogP contribution in [0.4, 0.5) is 0 Å². The van der Waals surface area contributed by atoms with E-state index in [9.17, 15) is 8.76 Å². The van der Waals surface area contributed by atoms with E-state index in [2.05, 4.69) is 0 Å². The van der Waals surface area contributed by atoms with E-state index in [0.29, 0.717) is 13.0 Å². The van der Waals surface area contributed by atoms with Crippen molar-refractivity contribution in [3.05, 3.63) is 0 Å². The SMILES string of the molecule is O=S([O-])CCCNO. The minimum Gasteiger partial charge on any atom is -0.772 e. The van der Waals surface area contributed by atoms with Crippen molar-refractivity contribution in [1.29, 1.82) is 0 Å². The predicted molar refractivity (Wildman–Crippen MR) is 28.2 cm³/mol. The third-order valence-electron chi connectivity index (χ3n) is 0.600. The molecule has 0 aromatic rings. The van der Waals surface area contributed by atoms with Crippen LogP contribution < -0.4 is 5.48 Å². The van der Waals surface area contributed by atoms with Crippen molar-refractivity contribution >= 4 is 11.1 Å². The number of hydrogen-bond acceptors (Lipinski definition) is 4. The first-order valence-electron chi connectivity index (χ1n) is 2.20. The molecule has 0 aromatic heterocycles. The lowest BCUT2D eigenvalue weighted by atomic mass is 10.5. The largest absolute Gasteiger partial charge is 0.772 e. The molecule has 0 aliphatic heterocycles. The summed E-state index contributed by atoms with van der Waals surface area (Å²) in [6.07, 6.45) is 0.451. The van der Waals surface area contributed by atoms with Gasteiger partial charge in [-0.25, -0.2) is 5.48 Å². The molecule has 2 N–H and O–H groups in total. The van der Waals surface area contributed by atoms with Crippen LogP contribution in [0.25, 0.3) is 0 Å². The fourth-order valence-electron chi connectivity index (χ4n) is 0.269. The Labute approximate surface area is 50.1 Å². The molecule has 0 aliphatic carbocycles. The number of hydrogen-bond donors (Lipinski definition) is 2. The zero-order valence-corrected chi connectivity index (χ0v) is 5.11. The van der Waals surface area contributed by atoms with Crippen LogP contribution in [0.3, 0.4) is 0 Å². The fourth-order valence-corrected chi connectivity index (χ4v) is 0.649.